The molecule has 0 spiro atoms. The number of methoxy groups -OCH3 is 1. The molecule has 1 saturated heterocycles. The summed E-state index contributed by atoms with van der Waals surface area (Å²) in [5.41, 5.74) is 0.186. The van der Waals surface area contributed by atoms with Crippen LogP contribution in [-0.4, -0.2) is 62.3 Å². The van der Waals surface area contributed by atoms with Crippen LogP contribution >= 0.6 is 0 Å². The summed E-state index contributed by atoms with van der Waals surface area (Å²) < 4.78 is 4.95. The number of rotatable bonds is 7. The van der Waals surface area contributed by atoms with Gasteiger partial charge in [0.05, 0.1) is 12.6 Å². The fourth-order valence-electron chi connectivity index (χ4n) is 2.58. The Labute approximate surface area is 129 Å². The van der Waals surface area contributed by atoms with Crippen LogP contribution in [-0.2, 0) is 9.53 Å². The number of nitrogens with one attached hydrogen (secondary N) is 2. The predicted molar refractivity (Wildman–Crippen MR) is 86.4 cm³/mol. The van der Waals surface area contributed by atoms with Gasteiger partial charge in [-0.15, -0.1) is 0 Å². The number of hydrogen-bond donors (Lipinski definition) is 2. The lowest BCUT2D eigenvalue weighted by atomic mass is 9.94. The van der Waals surface area contributed by atoms with Gasteiger partial charge >= 0.3 is 0 Å². The van der Waals surface area contributed by atoms with E-state index in [2.05, 4.69) is 36.3 Å². The van der Waals surface area contributed by atoms with Crippen LogP contribution in [0, 0.1) is 5.92 Å². The molecule has 1 atom stereocenters. The number of carbonyl (C=O) groups excluding carboxylic acids is 1. The molecule has 0 radical (unpaired) electrons. The van der Waals surface area contributed by atoms with E-state index in [1.165, 1.54) is 12.8 Å². The van der Waals surface area contributed by atoms with E-state index >= 15 is 0 Å². The number of likely N-dealkylation sites (tertiary alicyclic amines) is 1. The number of amides is 1. The Hall–Kier alpha value is -0.650. The monoisotopic (exact) mass is 299 g/mol. The van der Waals surface area contributed by atoms with E-state index in [9.17, 15) is 4.79 Å². The van der Waals surface area contributed by atoms with Crippen LogP contribution in [0.2, 0.25) is 0 Å². The first-order chi connectivity index (χ1) is 9.83. The molecular weight excluding hydrogens is 266 g/mol. The van der Waals surface area contributed by atoms with Crippen molar-refractivity contribution < 1.29 is 9.53 Å². The van der Waals surface area contributed by atoms with Crippen LogP contribution < -0.4 is 10.6 Å². The molecule has 1 aliphatic rings. The van der Waals surface area contributed by atoms with E-state index < -0.39 is 0 Å². The Kier molecular flexibility index (Phi) is 7.63. The van der Waals surface area contributed by atoms with Crippen LogP contribution in [0.1, 0.15) is 40.5 Å². The number of nitrogens with zero attached hydrogens (tertiary/aromatic N) is 1. The molecule has 0 bridgehead atoms. The summed E-state index contributed by atoms with van der Waals surface area (Å²) >= 11 is 0. The largest absolute Gasteiger partial charge is 0.383 e. The van der Waals surface area contributed by atoms with Gasteiger partial charge in [0, 0.05) is 19.2 Å². The SMILES string of the molecule is COCCNC(=O)C(C)N1CCC(CNC(C)(C)C)CC1. The van der Waals surface area contributed by atoms with Crippen LogP contribution in [0.5, 0.6) is 0 Å². The van der Waals surface area contributed by atoms with Crippen LogP contribution in [0.25, 0.3) is 0 Å². The molecule has 1 unspecified atom stereocenters. The summed E-state index contributed by atoms with van der Waals surface area (Å²) in [6.07, 6.45) is 2.33. The highest BCUT2D eigenvalue weighted by Gasteiger charge is 2.26. The Balaban J connectivity index is 2.26. The highest BCUT2D eigenvalue weighted by molar-refractivity contribution is 5.81. The molecule has 0 aromatic heterocycles. The number of carbonyl (C=O) groups is 1. The van der Waals surface area contributed by atoms with Gasteiger partial charge in [0.2, 0.25) is 5.91 Å². The molecule has 2 N–H and O–H groups in total. The van der Waals surface area contributed by atoms with Crippen molar-refractivity contribution in [1.29, 1.82) is 0 Å². The molecule has 1 amide bonds. The molecule has 1 aliphatic heterocycles. The summed E-state index contributed by atoms with van der Waals surface area (Å²) in [6, 6.07) is -0.0432. The van der Waals surface area contributed by atoms with Crippen molar-refractivity contribution in [2.24, 2.45) is 5.92 Å². The summed E-state index contributed by atoms with van der Waals surface area (Å²) in [6.45, 7) is 12.9. The molecule has 124 valence electrons. The lowest BCUT2D eigenvalue weighted by Crippen LogP contribution is -2.50. The molecular formula is C16H33N3O2. The Morgan fingerprint density at radius 3 is 2.48 bits per heavy atom. The van der Waals surface area contributed by atoms with Crippen LogP contribution in [0.4, 0.5) is 0 Å². The zero-order chi connectivity index (χ0) is 15.9. The zero-order valence-corrected chi connectivity index (χ0v) is 14.4. The third kappa shape index (κ3) is 7.25. The van der Waals surface area contributed by atoms with Gasteiger partial charge in [0.15, 0.2) is 0 Å². The van der Waals surface area contributed by atoms with Crippen molar-refractivity contribution in [2.75, 3.05) is 39.9 Å². The molecule has 0 aromatic rings. The summed E-state index contributed by atoms with van der Waals surface area (Å²) in [5, 5.41) is 6.50. The quantitative estimate of drug-likeness (QED) is 0.695. The minimum absolute atomic E-state index is 0.0432. The van der Waals surface area contributed by atoms with E-state index in [-0.39, 0.29) is 17.5 Å². The van der Waals surface area contributed by atoms with Gasteiger partial charge in [-0.1, -0.05) is 0 Å². The summed E-state index contributed by atoms with van der Waals surface area (Å²) in [4.78, 5) is 14.3. The number of piperidine rings is 1. The Bertz CT molecular complexity index is 307. The highest BCUT2D eigenvalue weighted by atomic mass is 16.5. The predicted octanol–water partition coefficient (Wildman–Crippen LogP) is 1.24. The lowest BCUT2D eigenvalue weighted by molar-refractivity contribution is -0.126. The molecule has 0 aliphatic carbocycles. The maximum atomic E-state index is 12.0. The van der Waals surface area contributed by atoms with Gasteiger partial charge in [-0.25, -0.2) is 0 Å². The van der Waals surface area contributed by atoms with Gasteiger partial charge in [0.1, 0.15) is 0 Å². The minimum atomic E-state index is -0.0432. The standard InChI is InChI=1S/C16H33N3O2/c1-13(15(20)17-8-11-21-5)19-9-6-14(7-10-19)12-18-16(2,3)4/h13-14,18H,6-12H2,1-5H3,(H,17,20). The van der Waals surface area contributed by atoms with Crippen LogP contribution in [0.3, 0.4) is 0 Å². The molecule has 1 fully saturated rings. The normalized spacial score (nSPS) is 19.5. The van der Waals surface area contributed by atoms with E-state index in [0.717, 1.165) is 25.6 Å². The van der Waals surface area contributed by atoms with E-state index in [4.69, 9.17) is 4.74 Å². The van der Waals surface area contributed by atoms with Gasteiger partial charge in [-0.3, -0.25) is 9.69 Å². The average molecular weight is 299 g/mol. The second-order valence-electron chi connectivity index (χ2n) is 7.07. The fourth-order valence-corrected chi connectivity index (χ4v) is 2.58. The molecule has 21 heavy (non-hydrogen) atoms. The smallest absolute Gasteiger partial charge is 0.237 e. The first-order valence-corrected chi connectivity index (χ1v) is 8.09. The maximum absolute atomic E-state index is 12.0. The maximum Gasteiger partial charge on any atom is 0.237 e. The molecule has 5 nitrogen and oxygen atoms in total. The minimum Gasteiger partial charge on any atom is -0.383 e. The molecule has 1 heterocycles. The summed E-state index contributed by atoms with van der Waals surface area (Å²) in [7, 11) is 1.64. The Morgan fingerprint density at radius 1 is 1.33 bits per heavy atom. The van der Waals surface area contributed by atoms with Gasteiger partial charge in [-0.05, 0) is 66.1 Å². The third-order valence-electron chi connectivity index (χ3n) is 4.10. The second-order valence-corrected chi connectivity index (χ2v) is 7.07. The second kappa shape index (κ2) is 8.71. The van der Waals surface area contributed by atoms with Crippen molar-refractivity contribution in [2.45, 2.75) is 52.1 Å². The third-order valence-corrected chi connectivity index (χ3v) is 4.10. The van der Waals surface area contributed by atoms with E-state index in [0.29, 0.717) is 13.2 Å². The first kappa shape index (κ1) is 18.4. The zero-order valence-electron chi connectivity index (χ0n) is 14.4. The van der Waals surface area contributed by atoms with Crippen molar-refractivity contribution in [1.82, 2.24) is 15.5 Å². The Morgan fingerprint density at radius 2 is 1.95 bits per heavy atom. The molecule has 1 rings (SSSR count). The molecule has 0 saturated carbocycles. The van der Waals surface area contributed by atoms with Crippen molar-refractivity contribution in [3.8, 4) is 0 Å². The van der Waals surface area contributed by atoms with Gasteiger partial charge in [0.25, 0.3) is 0 Å². The van der Waals surface area contributed by atoms with Gasteiger partial charge < -0.3 is 15.4 Å². The van der Waals surface area contributed by atoms with E-state index in [1.807, 2.05) is 6.92 Å². The first-order valence-electron chi connectivity index (χ1n) is 8.09. The average Bonchev–Trinajstić information content (AvgIpc) is 2.44. The van der Waals surface area contributed by atoms with E-state index in [1.54, 1.807) is 7.11 Å². The van der Waals surface area contributed by atoms with Crippen molar-refractivity contribution >= 4 is 5.91 Å². The summed E-state index contributed by atoms with van der Waals surface area (Å²) in [5.74, 6) is 0.836. The van der Waals surface area contributed by atoms with Crippen molar-refractivity contribution in [3.05, 3.63) is 0 Å². The highest BCUT2D eigenvalue weighted by Crippen LogP contribution is 2.19. The number of ether oxygens (including phenoxy) is 1. The number of hydrogen-bond acceptors (Lipinski definition) is 4. The van der Waals surface area contributed by atoms with Crippen molar-refractivity contribution in [3.63, 3.8) is 0 Å². The topological polar surface area (TPSA) is 53.6 Å². The lowest BCUT2D eigenvalue weighted by Gasteiger charge is -2.36. The molecule has 0 aromatic carbocycles. The fraction of sp³-hybridized carbons (Fsp3) is 0.938. The molecule has 5 heteroatoms. The van der Waals surface area contributed by atoms with Crippen LogP contribution in [0.15, 0.2) is 0 Å². The van der Waals surface area contributed by atoms with Gasteiger partial charge in [-0.2, -0.15) is 0 Å².